The van der Waals surface area contributed by atoms with Crippen LogP contribution in [0, 0.1) is 0 Å². The highest BCUT2D eigenvalue weighted by Crippen LogP contribution is 2.25. The van der Waals surface area contributed by atoms with Crippen LogP contribution in [0.25, 0.3) is 0 Å². The third kappa shape index (κ3) is 1.73. The first-order valence-corrected chi connectivity index (χ1v) is 5.58. The summed E-state index contributed by atoms with van der Waals surface area (Å²) in [6.07, 6.45) is 3.84. The zero-order chi connectivity index (χ0) is 9.15. The summed E-state index contributed by atoms with van der Waals surface area (Å²) in [6, 6.07) is 0. The fraction of sp³-hybridized carbons (Fsp3) is 1.00. The van der Waals surface area contributed by atoms with Gasteiger partial charge < -0.3 is 5.32 Å². The Hall–Kier alpha value is -0.120. The van der Waals surface area contributed by atoms with Crippen molar-refractivity contribution < 1.29 is 0 Å². The van der Waals surface area contributed by atoms with Gasteiger partial charge in [-0.1, -0.05) is 6.92 Å². The Bertz CT molecular complexity index is 155. The summed E-state index contributed by atoms with van der Waals surface area (Å²) in [6.45, 7) is 8.29. The molecular weight excluding hydrogens is 162 g/mol. The van der Waals surface area contributed by atoms with Crippen LogP contribution in [0.4, 0.5) is 0 Å². The van der Waals surface area contributed by atoms with Crippen LogP contribution < -0.4 is 10.6 Å². The molecule has 0 aromatic carbocycles. The van der Waals surface area contributed by atoms with E-state index in [2.05, 4.69) is 22.5 Å². The van der Waals surface area contributed by atoms with E-state index in [-0.39, 0.29) is 0 Å². The molecule has 0 atom stereocenters. The monoisotopic (exact) mass is 183 g/mol. The van der Waals surface area contributed by atoms with Gasteiger partial charge in [0.1, 0.15) is 0 Å². The lowest BCUT2D eigenvalue weighted by molar-refractivity contribution is 0.00539. The molecule has 0 unspecified atom stereocenters. The van der Waals surface area contributed by atoms with Crippen LogP contribution in [0.2, 0.25) is 0 Å². The highest BCUT2D eigenvalue weighted by Gasteiger charge is 2.38. The van der Waals surface area contributed by atoms with Crippen LogP contribution >= 0.6 is 0 Å². The third-order valence-corrected chi connectivity index (χ3v) is 3.48. The average molecular weight is 183 g/mol. The van der Waals surface area contributed by atoms with Gasteiger partial charge in [-0.05, 0) is 45.4 Å². The fourth-order valence-electron chi connectivity index (χ4n) is 2.71. The van der Waals surface area contributed by atoms with Crippen LogP contribution in [-0.4, -0.2) is 43.3 Å². The summed E-state index contributed by atoms with van der Waals surface area (Å²) in [4.78, 5) is 2.62. The van der Waals surface area contributed by atoms with Gasteiger partial charge in [-0.25, -0.2) is 0 Å². The molecule has 1 spiro atoms. The predicted octanol–water partition coefficient (Wildman–Crippen LogP) is 0.381. The minimum absolute atomic E-state index is 0.345. The highest BCUT2D eigenvalue weighted by molar-refractivity contribution is 4.94. The molecule has 0 bridgehead atoms. The van der Waals surface area contributed by atoms with Gasteiger partial charge in [0.25, 0.3) is 0 Å². The van der Waals surface area contributed by atoms with Crippen molar-refractivity contribution in [3.05, 3.63) is 0 Å². The number of rotatable bonds is 1. The maximum Gasteiger partial charge on any atom is 0.0736 e. The molecule has 76 valence electrons. The smallest absolute Gasteiger partial charge is 0.0736 e. The van der Waals surface area contributed by atoms with Gasteiger partial charge in [-0.3, -0.25) is 10.2 Å². The number of nitrogens with zero attached hydrogens (tertiary/aromatic N) is 1. The van der Waals surface area contributed by atoms with Gasteiger partial charge in [-0.15, -0.1) is 0 Å². The molecule has 0 aliphatic carbocycles. The number of hydrogen-bond donors (Lipinski definition) is 2. The van der Waals surface area contributed by atoms with Crippen LogP contribution in [0.5, 0.6) is 0 Å². The summed E-state index contributed by atoms with van der Waals surface area (Å²) >= 11 is 0. The van der Waals surface area contributed by atoms with Gasteiger partial charge in [0.2, 0.25) is 0 Å². The standard InChI is InChI=1S/C10H21N3/c1-2-13-9-3-6-12-10(13)4-7-11-8-5-10/h11-12H,2-9H2,1H3. The fourth-order valence-corrected chi connectivity index (χ4v) is 2.71. The van der Waals surface area contributed by atoms with Gasteiger partial charge in [0, 0.05) is 6.54 Å². The molecule has 13 heavy (non-hydrogen) atoms. The predicted molar refractivity (Wildman–Crippen MR) is 54.7 cm³/mol. The Labute approximate surface area is 80.9 Å². The molecule has 3 heteroatoms. The van der Waals surface area contributed by atoms with Crippen LogP contribution in [0.3, 0.4) is 0 Å². The Morgan fingerprint density at radius 1 is 1.23 bits per heavy atom. The normalized spacial score (nSPS) is 29.3. The van der Waals surface area contributed by atoms with Gasteiger partial charge >= 0.3 is 0 Å². The van der Waals surface area contributed by atoms with E-state index in [0.717, 1.165) is 0 Å². The second-order valence-corrected chi connectivity index (χ2v) is 4.14. The zero-order valence-electron chi connectivity index (χ0n) is 8.60. The van der Waals surface area contributed by atoms with Crippen LogP contribution in [0.1, 0.15) is 26.2 Å². The summed E-state index contributed by atoms with van der Waals surface area (Å²) < 4.78 is 0. The summed E-state index contributed by atoms with van der Waals surface area (Å²) in [7, 11) is 0. The maximum absolute atomic E-state index is 3.72. The van der Waals surface area contributed by atoms with Crippen LogP contribution in [-0.2, 0) is 0 Å². The number of nitrogens with one attached hydrogen (secondary N) is 2. The molecule has 2 fully saturated rings. The molecule has 2 rings (SSSR count). The second kappa shape index (κ2) is 3.95. The van der Waals surface area contributed by atoms with Gasteiger partial charge in [0.15, 0.2) is 0 Å². The SMILES string of the molecule is CCN1CCCNC12CCNCC2. The molecule has 0 saturated carbocycles. The molecule has 0 aromatic heterocycles. The lowest BCUT2D eigenvalue weighted by atomic mass is 9.93. The molecule has 2 aliphatic rings. The van der Waals surface area contributed by atoms with E-state index in [1.54, 1.807) is 0 Å². The van der Waals surface area contributed by atoms with Crippen molar-refractivity contribution in [2.45, 2.75) is 31.8 Å². The number of piperidine rings is 1. The van der Waals surface area contributed by atoms with Crippen molar-refractivity contribution in [2.24, 2.45) is 0 Å². The van der Waals surface area contributed by atoms with Crippen molar-refractivity contribution in [1.29, 1.82) is 0 Å². The molecule has 2 heterocycles. The molecular formula is C10H21N3. The Morgan fingerprint density at radius 3 is 2.69 bits per heavy atom. The first kappa shape index (κ1) is 9.44. The minimum Gasteiger partial charge on any atom is -0.316 e. The van der Waals surface area contributed by atoms with E-state index in [1.807, 2.05) is 0 Å². The molecule has 0 aromatic rings. The van der Waals surface area contributed by atoms with E-state index >= 15 is 0 Å². The number of hydrogen-bond acceptors (Lipinski definition) is 3. The summed E-state index contributed by atoms with van der Waals surface area (Å²) in [5, 5.41) is 7.16. The Balaban J connectivity index is 2.06. The quantitative estimate of drug-likeness (QED) is 0.615. The van der Waals surface area contributed by atoms with Crippen molar-refractivity contribution in [3.63, 3.8) is 0 Å². The van der Waals surface area contributed by atoms with Gasteiger partial charge in [-0.2, -0.15) is 0 Å². The van der Waals surface area contributed by atoms with Crippen molar-refractivity contribution >= 4 is 0 Å². The largest absolute Gasteiger partial charge is 0.316 e. The van der Waals surface area contributed by atoms with E-state index in [9.17, 15) is 0 Å². The van der Waals surface area contributed by atoms with E-state index in [4.69, 9.17) is 0 Å². The Morgan fingerprint density at radius 2 is 2.00 bits per heavy atom. The first-order chi connectivity index (χ1) is 6.37. The molecule has 2 saturated heterocycles. The van der Waals surface area contributed by atoms with E-state index in [1.165, 1.54) is 52.0 Å². The topological polar surface area (TPSA) is 27.3 Å². The summed E-state index contributed by atoms with van der Waals surface area (Å²) in [5.74, 6) is 0. The lowest BCUT2D eigenvalue weighted by Crippen LogP contribution is -2.66. The minimum atomic E-state index is 0.345. The first-order valence-electron chi connectivity index (χ1n) is 5.58. The van der Waals surface area contributed by atoms with Crippen molar-refractivity contribution in [1.82, 2.24) is 15.5 Å². The second-order valence-electron chi connectivity index (χ2n) is 4.14. The maximum atomic E-state index is 3.72. The molecule has 3 nitrogen and oxygen atoms in total. The highest BCUT2D eigenvalue weighted by atomic mass is 15.3. The summed E-state index contributed by atoms with van der Waals surface area (Å²) in [5.41, 5.74) is 0.345. The zero-order valence-corrected chi connectivity index (χ0v) is 8.60. The van der Waals surface area contributed by atoms with E-state index < -0.39 is 0 Å². The van der Waals surface area contributed by atoms with E-state index in [0.29, 0.717) is 5.66 Å². The Kier molecular flexibility index (Phi) is 2.86. The third-order valence-electron chi connectivity index (χ3n) is 3.48. The molecule has 0 amide bonds. The average Bonchev–Trinajstić information content (AvgIpc) is 2.20. The molecule has 2 aliphatic heterocycles. The molecule has 2 N–H and O–H groups in total. The van der Waals surface area contributed by atoms with Crippen molar-refractivity contribution in [2.75, 3.05) is 32.7 Å². The molecule has 0 radical (unpaired) electrons. The van der Waals surface area contributed by atoms with Crippen molar-refractivity contribution in [3.8, 4) is 0 Å². The van der Waals surface area contributed by atoms with Crippen LogP contribution in [0.15, 0.2) is 0 Å². The van der Waals surface area contributed by atoms with Gasteiger partial charge in [0.05, 0.1) is 5.66 Å². The lowest BCUT2D eigenvalue weighted by Gasteiger charge is -2.50.